The van der Waals surface area contributed by atoms with E-state index in [1.807, 2.05) is 13.8 Å². The van der Waals surface area contributed by atoms with Gasteiger partial charge in [-0.05, 0) is 19.3 Å². The Hall–Kier alpha value is -0.790. The quantitative estimate of drug-likeness (QED) is 0.709. The third-order valence-corrected chi connectivity index (χ3v) is 2.96. The number of hydrogen-bond acceptors (Lipinski definition) is 1. The lowest BCUT2D eigenvalue weighted by Gasteiger charge is -2.15. The maximum atomic E-state index is 11.5. The molecule has 0 aromatic rings. The normalized spacial score (nSPS) is 30.2. The number of amides is 1. The molecule has 1 N–H and O–H groups in total. The highest BCUT2D eigenvalue weighted by Crippen LogP contribution is 2.44. The molecule has 0 bridgehead atoms. The van der Waals surface area contributed by atoms with Crippen molar-refractivity contribution in [1.82, 2.24) is 5.32 Å². The van der Waals surface area contributed by atoms with Crippen molar-refractivity contribution in [1.29, 1.82) is 0 Å². The van der Waals surface area contributed by atoms with Crippen LogP contribution in [0.15, 0.2) is 12.2 Å². The summed E-state index contributed by atoms with van der Waals surface area (Å²) < 4.78 is 0. The molecule has 0 heterocycles. The smallest absolute Gasteiger partial charge is 0.222 e. The van der Waals surface area contributed by atoms with Gasteiger partial charge in [-0.15, -0.1) is 0 Å². The van der Waals surface area contributed by atoms with Gasteiger partial charge in [0.15, 0.2) is 0 Å². The minimum Gasteiger partial charge on any atom is -0.350 e. The molecule has 0 spiro atoms. The van der Waals surface area contributed by atoms with E-state index < -0.39 is 0 Å². The second kappa shape index (κ2) is 4.38. The third kappa shape index (κ3) is 3.37. The van der Waals surface area contributed by atoms with Crippen LogP contribution >= 0.6 is 0 Å². The first-order chi connectivity index (χ1) is 6.85. The van der Waals surface area contributed by atoms with Crippen molar-refractivity contribution in [2.45, 2.75) is 46.6 Å². The highest BCUT2D eigenvalue weighted by Gasteiger charge is 2.49. The lowest BCUT2D eigenvalue weighted by atomic mass is 10.1. The van der Waals surface area contributed by atoms with E-state index in [4.69, 9.17) is 0 Å². The third-order valence-electron chi connectivity index (χ3n) is 2.96. The summed E-state index contributed by atoms with van der Waals surface area (Å²) in [6.45, 7) is 10.3. The molecule has 0 saturated heterocycles. The van der Waals surface area contributed by atoms with E-state index in [1.54, 1.807) is 0 Å². The molecular weight excluding hydrogens is 186 g/mol. The fourth-order valence-corrected chi connectivity index (χ4v) is 1.60. The van der Waals surface area contributed by atoms with E-state index in [0.29, 0.717) is 11.8 Å². The molecule has 0 radical (unpaired) electrons. The molecule has 1 rings (SSSR count). The first kappa shape index (κ1) is 12.3. The molecule has 1 amide bonds. The van der Waals surface area contributed by atoms with Crippen molar-refractivity contribution < 1.29 is 4.79 Å². The Bertz CT molecular complexity index is 268. The fourth-order valence-electron chi connectivity index (χ4n) is 1.60. The molecule has 1 aliphatic carbocycles. The fraction of sp³-hybridized carbons (Fsp3) is 0.769. The molecule has 2 atom stereocenters. The van der Waals surface area contributed by atoms with Crippen LogP contribution in [0.5, 0.6) is 0 Å². The van der Waals surface area contributed by atoms with Gasteiger partial charge in [-0.25, -0.2) is 0 Å². The molecule has 1 fully saturated rings. The van der Waals surface area contributed by atoms with Crippen LogP contribution in [0.25, 0.3) is 0 Å². The molecule has 86 valence electrons. The highest BCUT2D eigenvalue weighted by molar-refractivity contribution is 5.79. The zero-order valence-electron chi connectivity index (χ0n) is 10.5. The van der Waals surface area contributed by atoms with Crippen LogP contribution in [0.2, 0.25) is 0 Å². The summed E-state index contributed by atoms with van der Waals surface area (Å²) in [7, 11) is 0. The summed E-state index contributed by atoms with van der Waals surface area (Å²) in [6.07, 6.45) is 5.54. The molecule has 0 aromatic carbocycles. The van der Waals surface area contributed by atoms with Crippen LogP contribution in [-0.2, 0) is 4.79 Å². The summed E-state index contributed by atoms with van der Waals surface area (Å²) in [5, 5.41) is 3.11. The average molecular weight is 209 g/mol. The van der Waals surface area contributed by atoms with Crippen molar-refractivity contribution in [3.63, 3.8) is 0 Å². The number of rotatable bonds is 4. The molecule has 2 heteroatoms. The highest BCUT2D eigenvalue weighted by atomic mass is 16.2. The minimum atomic E-state index is 0.0206. The number of hydrogen-bond donors (Lipinski definition) is 1. The van der Waals surface area contributed by atoms with Crippen molar-refractivity contribution in [3.05, 3.63) is 12.2 Å². The second-order valence-electron chi connectivity index (χ2n) is 5.50. The minimum absolute atomic E-state index is 0.0206. The van der Waals surface area contributed by atoms with Crippen molar-refractivity contribution in [2.75, 3.05) is 0 Å². The van der Waals surface area contributed by atoms with Gasteiger partial charge in [0.2, 0.25) is 5.91 Å². The van der Waals surface area contributed by atoms with Gasteiger partial charge in [0.05, 0.1) is 0 Å². The Balaban J connectivity index is 2.42. The average Bonchev–Trinajstić information content (AvgIpc) is 2.73. The van der Waals surface area contributed by atoms with E-state index in [1.165, 1.54) is 0 Å². The lowest BCUT2D eigenvalue weighted by Crippen LogP contribution is -2.38. The maximum absolute atomic E-state index is 11.5. The van der Waals surface area contributed by atoms with E-state index in [0.717, 1.165) is 6.42 Å². The summed E-state index contributed by atoms with van der Waals surface area (Å²) in [5.74, 6) is 1.37. The lowest BCUT2D eigenvalue weighted by molar-refractivity contribution is -0.124. The van der Waals surface area contributed by atoms with Crippen molar-refractivity contribution in [2.24, 2.45) is 17.8 Å². The first-order valence-electron chi connectivity index (χ1n) is 5.85. The van der Waals surface area contributed by atoms with Gasteiger partial charge in [0, 0.05) is 17.4 Å². The summed E-state index contributed by atoms with van der Waals surface area (Å²) in [5.41, 5.74) is 0.0206. The molecule has 0 aromatic heterocycles. The second-order valence-corrected chi connectivity index (χ2v) is 5.50. The molecule has 0 aliphatic heterocycles. The summed E-state index contributed by atoms with van der Waals surface area (Å²) in [6, 6.07) is 0. The summed E-state index contributed by atoms with van der Waals surface area (Å²) in [4.78, 5) is 11.5. The van der Waals surface area contributed by atoms with Crippen LogP contribution in [0.4, 0.5) is 0 Å². The largest absolute Gasteiger partial charge is 0.350 e. The predicted octanol–water partition coefficient (Wildman–Crippen LogP) is 2.75. The van der Waals surface area contributed by atoms with Gasteiger partial charge in [-0.1, -0.05) is 39.8 Å². The van der Waals surface area contributed by atoms with Gasteiger partial charge < -0.3 is 5.32 Å². The van der Waals surface area contributed by atoms with Crippen LogP contribution in [-0.4, -0.2) is 11.4 Å². The number of carbonyl (C=O) groups excluding carboxylic acids is 1. The standard InChI is InChI=1S/C13H23NO/c1-9(2)6-7-11-8-13(11,5)14-12(15)10(3)4/h6-7,9-11H,8H2,1-5H3,(H,14,15)/b7-6-/t11?,13-/m1/s1. The molecule has 1 saturated carbocycles. The van der Waals surface area contributed by atoms with Crippen LogP contribution < -0.4 is 5.32 Å². The summed E-state index contributed by atoms with van der Waals surface area (Å²) >= 11 is 0. The van der Waals surface area contributed by atoms with Crippen LogP contribution in [0, 0.1) is 17.8 Å². The van der Waals surface area contributed by atoms with Crippen LogP contribution in [0.1, 0.15) is 41.0 Å². The van der Waals surface area contributed by atoms with E-state index in [9.17, 15) is 4.79 Å². The molecule has 1 unspecified atom stereocenters. The predicted molar refractivity (Wildman–Crippen MR) is 63.5 cm³/mol. The Labute approximate surface area is 93.1 Å². The van der Waals surface area contributed by atoms with Crippen LogP contribution in [0.3, 0.4) is 0 Å². The number of allylic oxidation sites excluding steroid dienone is 1. The number of nitrogens with one attached hydrogen (secondary N) is 1. The van der Waals surface area contributed by atoms with E-state index >= 15 is 0 Å². The Morgan fingerprint density at radius 2 is 2.00 bits per heavy atom. The number of carbonyl (C=O) groups is 1. The molecule has 1 aliphatic rings. The van der Waals surface area contributed by atoms with Crippen molar-refractivity contribution >= 4 is 5.91 Å². The molecule has 2 nitrogen and oxygen atoms in total. The maximum Gasteiger partial charge on any atom is 0.222 e. The first-order valence-corrected chi connectivity index (χ1v) is 5.85. The molecular formula is C13H23NO. The Morgan fingerprint density at radius 3 is 2.47 bits per heavy atom. The zero-order chi connectivity index (χ0) is 11.6. The Morgan fingerprint density at radius 1 is 1.40 bits per heavy atom. The Kier molecular flexibility index (Phi) is 3.58. The van der Waals surface area contributed by atoms with Gasteiger partial charge in [0.1, 0.15) is 0 Å². The van der Waals surface area contributed by atoms with Gasteiger partial charge in [0.25, 0.3) is 0 Å². The topological polar surface area (TPSA) is 29.1 Å². The molecule has 15 heavy (non-hydrogen) atoms. The SMILES string of the molecule is CC(C)/C=C\C1C[C@@]1(C)NC(=O)C(C)C. The zero-order valence-corrected chi connectivity index (χ0v) is 10.5. The van der Waals surface area contributed by atoms with Gasteiger partial charge in [-0.3, -0.25) is 4.79 Å². The van der Waals surface area contributed by atoms with Gasteiger partial charge >= 0.3 is 0 Å². The van der Waals surface area contributed by atoms with Crippen molar-refractivity contribution in [3.8, 4) is 0 Å². The monoisotopic (exact) mass is 209 g/mol. The van der Waals surface area contributed by atoms with Gasteiger partial charge in [-0.2, -0.15) is 0 Å². The van der Waals surface area contributed by atoms with E-state index in [-0.39, 0.29) is 17.4 Å². The van der Waals surface area contributed by atoms with E-state index in [2.05, 4.69) is 38.2 Å².